The van der Waals surface area contributed by atoms with Crippen LogP contribution >= 0.6 is 0 Å². The molecule has 0 heterocycles. The summed E-state index contributed by atoms with van der Waals surface area (Å²) in [6, 6.07) is 7.05. The molecule has 0 amide bonds. The van der Waals surface area contributed by atoms with Gasteiger partial charge in [0, 0.05) is 5.56 Å². The van der Waals surface area contributed by atoms with Gasteiger partial charge in [0.25, 0.3) is 6.43 Å². The first-order chi connectivity index (χ1) is 7.69. The normalized spacial score (nSPS) is 11.8. The van der Waals surface area contributed by atoms with E-state index in [0.29, 0.717) is 5.56 Å². The summed E-state index contributed by atoms with van der Waals surface area (Å²) >= 11 is 0. The van der Waals surface area contributed by atoms with Crippen LogP contribution in [0.2, 0.25) is 0 Å². The molecule has 0 fully saturated rings. The number of alkyl halides is 2. The Kier molecular flexibility index (Phi) is 4.44. The standard InChI is InChI=1S/C12H10F2N2/c1-2-6-16-11(8-15)9-4-3-5-10(7-9)12(13)14/h1,3-5,7,11-12,16H,6H2. The third-order valence-electron chi connectivity index (χ3n) is 2.03. The first-order valence-corrected chi connectivity index (χ1v) is 4.63. The van der Waals surface area contributed by atoms with E-state index in [2.05, 4.69) is 11.2 Å². The zero-order valence-electron chi connectivity index (χ0n) is 8.45. The van der Waals surface area contributed by atoms with Gasteiger partial charge in [-0.05, 0) is 11.6 Å². The van der Waals surface area contributed by atoms with Gasteiger partial charge in [0.05, 0.1) is 12.6 Å². The number of benzene rings is 1. The van der Waals surface area contributed by atoms with Gasteiger partial charge in [-0.1, -0.05) is 24.1 Å². The monoisotopic (exact) mass is 220 g/mol. The number of nitrogens with one attached hydrogen (secondary N) is 1. The summed E-state index contributed by atoms with van der Waals surface area (Å²) in [6.07, 6.45) is 2.51. The van der Waals surface area contributed by atoms with E-state index in [4.69, 9.17) is 11.7 Å². The highest BCUT2D eigenvalue weighted by Gasteiger charge is 2.12. The van der Waals surface area contributed by atoms with E-state index in [0.717, 1.165) is 0 Å². The van der Waals surface area contributed by atoms with E-state index in [1.807, 2.05) is 6.07 Å². The molecule has 0 spiro atoms. The minimum Gasteiger partial charge on any atom is -0.287 e. The maximum absolute atomic E-state index is 12.4. The Bertz CT molecular complexity index is 429. The molecule has 1 atom stereocenters. The molecule has 16 heavy (non-hydrogen) atoms. The summed E-state index contributed by atoms with van der Waals surface area (Å²) in [7, 11) is 0. The lowest BCUT2D eigenvalue weighted by molar-refractivity contribution is 0.151. The second-order valence-electron chi connectivity index (χ2n) is 3.12. The number of nitriles is 1. The van der Waals surface area contributed by atoms with E-state index in [-0.39, 0.29) is 12.1 Å². The van der Waals surface area contributed by atoms with Crippen LogP contribution in [0.3, 0.4) is 0 Å². The largest absolute Gasteiger partial charge is 0.287 e. The van der Waals surface area contributed by atoms with Gasteiger partial charge in [0.2, 0.25) is 0 Å². The Morgan fingerprint density at radius 2 is 2.06 bits per heavy atom. The Morgan fingerprint density at radius 3 is 2.62 bits per heavy atom. The summed E-state index contributed by atoms with van der Waals surface area (Å²) in [5.41, 5.74) is 0.399. The van der Waals surface area contributed by atoms with Crippen LogP contribution in [0.25, 0.3) is 0 Å². The number of nitrogens with zero attached hydrogens (tertiary/aromatic N) is 1. The van der Waals surface area contributed by atoms with E-state index >= 15 is 0 Å². The zero-order valence-corrected chi connectivity index (χ0v) is 8.45. The molecule has 1 aromatic carbocycles. The molecule has 0 radical (unpaired) electrons. The second kappa shape index (κ2) is 5.85. The van der Waals surface area contributed by atoms with Crippen LogP contribution in [0.4, 0.5) is 8.78 Å². The molecule has 0 saturated heterocycles. The quantitative estimate of drug-likeness (QED) is 0.791. The van der Waals surface area contributed by atoms with Crippen molar-refractivity contribution in [3.63, 3.8) is 0 Å². The van der Waals surface area contributed by atoms with Gasteiger partial charge in [-0.25, -0.2) is 8.78 Å². The van der Waals surface area contributed by atoms with Crippen LogP contribution in [0.5, 0.6) is 0 Å². The molecule has 4 heteroatoms. The Morgan fingerprint density at radius 1 is 1.38 bits per heavy atom. The molecule has 1 unspecified atom stereocenters. The van der Waals surface area contributed by atoms with E-state index < -0.39 is 12.5 Å². The predicted octanol–water partition coefficient (Wildman–Crippen LogP) is 2.41. The first-order valence-electron chi connectivity index (χ1n) is 4.63. The third-order valence-corrected chi connectivity index (χ3v) is 2.03. The Hall–Kier alpha value is -1.91. The minimum absolute atomic E-state index is 0.0970. The highest BCUT2D eigenvalue weighted by molar-refractivity contribution is 5.30. The molecule has 1 aromatic rings. The van der Waals surface area contributed by atoms with Crippen molar-refractivity contribution in [1.82, 2.24) is 5.32 Å². The molecular weight excluding hydrogens is 210 g/mol. The molecule has 0 saturated carbocycles. The molecule has 82 valence electrons. The molecule has 0 bridgehead atoms. The molecule has 1 rings (SSSR count). The fourth-order valence-corrected chi connectivity index (χ4v) is 1.27. The smallest absolute Gasteiger partial charge is 0.263 e. The average molecular weight is 220 g/mol. The van der Waals surface area contributed by atoms with Crippen molar-refractivity contribution in [1.29, 1.82) is 5.26 Å². The van der Waals surface area contributed by atoms with Crippen LogP contribution in [0.1, 0.15) is 23.6 Å². The van der Waals surface area contributed by atoms with Crippen LogP contribution in [0, 0.1) is 23.7 Å². The van der Waals surface area contributed by atoms with Gasteiger partial charge in [0.15, 0.2) is 0 Å². The fraction of sp³-hybridized carbons (Fsp3) is 0.250. The van der Waals surface area contributed by atoms with Gasteiger partial charge in [-0.3, -0.25) is 5.32 Å². The Balaban J connectivity index is 2.90. The average Bonchev–Trinajstić information content (AvgIpc) is 2.30. The van der Waals surface area contributed by atoms with Gasteiger partial charge in [-0.15, -0.1) is 6.42 Å². The van der Waals surface area contributed by atoms with E-state index in [1.54, 1.807) is 6.07 Å². The molecule has 0 aliphatic heterocycles. The van der Waals surface area contributed by atoms with Crippen molar-refractivity contribution in [3.8, 4) is 18.4 Å². The molecular formula is C12H10F2N2. The Labute approximate surface area is 92.9 Å². The summed E-state index contributed by atoms with van der Waals surface area (Å²) in [5, 5.41) is 11.6. The molecule has 0 aliphatic rings. The lowest BCUT2D eigenvalue weighted by atomic mass is 10.1. The highest BCUT2D eigenvalue weighted by atomic mass is 19.3. The lowest BCUT2D eigenvalue weighted by Gasteiger charge is -2.10. The van der Waals surface area contributed by atoms with E-state index in [1.165, 1.54) is 18.2 Å². The van der Waals surface area contributed by atoms with Crippen molar-refractivity contribution < 1.29 is 8.78 Å². The number of hydrogen-bond donors (Lipinski definition) is 1. The van der Waals surface area contributed by atoms with Crippen LogP contribution in [-0.2, 0) is 0 Å². The minimum atomic E-state index is -2.54. The molecule has 0 aliphatic carbocycles. The third kappa shape index (κ3) is 3.05. The van der Waals surface area contributed by atoms with Crippen molar-refractivity contribution in [3.05, 3.63) is 35.4 Å². The number of terminal acetylenes is 1. The van der Waals surface area contributed by atoms with Gasteiger partial charge in [0.1, 0.15) is 6.04 Å². The maximum Gasteiger partial charge on any atom is 0.263 e. The lowest BCUT2D eigenvalue weighted by Crippen LogP contribution is -2.20. The van der Waals surface area contributed by atoms with Gasteiger partial charge >= 0.3 is 0 Å². The number of rotatable bonds is 4. The van der Waals surface area contributed by atoms with Crippen molar-refractivity contribution >= 4 is 0 Å². The number of hydrogen-bond acceptors (Lipinski definition) is 2. The van der Waals surface area contributed by atoms with Crippen molar-refractivity contribution in [2.75, 3.05) is 6.54 Å². The highest BCUT2D eigenvalue weighted by Crippen LogP contribution is 2.22. The number of halogens is 2. The molecule has 1 N–H and O–H groups in total. The van der Waals surface area contributed by atoms with Crippen LogP contribution in [-0.4, -0.2) is 6.54 Å². The summed E-state index contributed by atoms with van der Waals surface area (Å²) in [5.74, 6) is 2.33. The van der Waals surface area contributed by atoms with Crippen molar-refractivity contribution in [2.24, 2.45) is 0 Å². The molecule has 0 aromatic heterocycles. The first kappa shape index (κ1) is 12.2. The maximum atomic E-state index is 12.4. The zero-order chi connectivity index (χ0) is 12.0. The van der Waals surface area contributed by atoms with Crippen LogP contribution < -0.4 is 5.32 Å². The topological polar surface area (TPSA) is 35.8 Å². The van der Waals surface area contributed by atoms with Gasteiger partial charge < -0.3 is 0 Å². The van der Waals surface area contributed by atoms with Crippen molar-refractivity contribution in [2.45, 2.75) is 12.5 Å². The predicted molar refractivity (Wildman–Crippen MR) is 56.6 cm³/mol. The van der Waals surface area contributed by atoms with E-state index in [9.17, 15) is 8.78 Å². The molecule has 2 nitrogen and oxygen atoms in total. The SMILES string of the molecule is C#CCNC(C#N)c1cccc(C(F)F)c1. The second-order valence-corrected chi connectivity index (χ2v) is 3.12. The summed E-state index contributed by atoms with van der Waals surface area (Å²) < 4.78 is 24.9. The fourth-order valence-electron chi connectivity index (χ4n) is 1.27. The summed E-state index contributed by atoms with van der Waals surface area (Å²) in [4.78, 5) is 0. The summed E-state index contributed by atoms with van der Waals surface area (Å²) in [6.45, 7) is 0.219. The van der Waals surface area contributed by atoms with Crippen LogP contribution in [0.15, 0.2) is 24.3 Å². The van der Waals surface area contributed by atoms with Gasteiger partial charge in [-0.2, -0.15) is 5.26 Å².